The van der Waals surface area contributed by atoms with Gasteiger partial charge >= 0.3 is 0 Å². The number of hydrogen-bond donors (Lipinski definition) is 2. The number of rotatable bonds is 6. The maximum Gasteiger partial charge on any atom is 0.275 e. The van der Waals surface area contributed by atoms with Crippen molar-refractivity contribution >= 4 is 17.5 Å². The van der Waals surface area contributed by atoms with Gasteiger partial charge in [0.2, 0.25) is 0 Å². The molecule has 0 fully saturated rings. The third-order valence-electron chi connectivity index (χ3n) is 2.58. The van der Waals surface area contributed by atoms with Gasteiger partial charge in [-0.15, -0.1) is 6.42 Å². The summed E-state index contributed by atoms with van der Waals surface area (Å²) in [6, 6.07) is 5.45. The van der Waals surface area contributed by atoms with Crippen LogP contribution in [0.5, 0.6) is 5.75 Å². The minimum atomic E-state index is -0.0727. The van der Waals surface area contributed by atoms with Crippen LogP contribution in [-0.2, 0) is 11.3 Å². The highest BCUT2D eigenvalue weighted by molar-refractivity contribution is 6.30. The molecule has 4 nitrogen and oxygen atoms in total. The molecule has 1 aromatic carbocycles. The van der Waals surface area contributed by atoms with Gasteiger partial charge < -0.3 is 15.0 Å². The average Bonchev–Trinajstić information content (AvgIpc) is 2.36. The number of carbonyl (C=O) groups is 1. The van der Waals surface area contributed by atoms with Crippen molar-refractivity contribution in [2.24, 2.45) is 0 Å². The first-order valence-corrected chi connectivity index (χ1v) is 6.28. The van der Waals surface area contributed by atoms with Crippen LogP contribution in [0, 0.1) is 12.3 Å². The standard InChI is InChI=1S/C14H17ClN2O2/c1-4-7-16-14(18)10-17(2)9-11-8-12(15)5-6-13(11)19-3/h1,5-6,8H,7,9-10H2,2-3H3,(H,16,18)/p+1. The van der Waals surface area contributed by atoms with E-state index in [0.29, 0.717) is 18.1 Å². The minimum Gasteiger partial charge on any atom is -0.496 e. The Kier molecular flexibility index (Phi) is 6.20. The number of likely N-dealkylation sites (N-methyl/N-ethyl adjacent to an activating group) is 1. The lowest BCUT2D eigenvalue weighted by molar-refractivity contribution is -0.885. The summed E-state index contributed by atoms with van der Waals surface area (Å²) in [6.45, 7) is 1.25. The van der Waals surface area contributed by atoms with Crippen LogP contribution in [-0.4, -0.2) is 33.2 Å². The van der Waals surface area contributed by atoms with E-state index in [1.165, 1.54) is 0 Å². The molecule has 5 heteroatoms. The van der Waals surface area contributed by atoms with Gasteiger partial charge in [-0.25, -0.2) is 0 Å². The molecular formula is C14H18ClN2O2+. The summed E-state index contributed by atoms with van der Waals surface area (Å²) in [5.41, 5.74) is 0.970. The molecule has 2 N–H and O–H groups in total. The molecule has 0 aliphatic carbocycles. The molecule has 0 aliphatic heterocycles. The van der Waals surface area contributed by atoms with Gasteiger partial charge in [-0.2, -0.15) is 0 Å². The zero-order valence-corrected chi connectivity index (χ0v) is 11.9. The van der Waals surface area contributed by atoms with Gasteiger partial charge in [0.15, 0.2) is 6.54 Å². The van der Waals surface area contributed by atoms with Crippen molar-refractivity contribution in [2.75, 3.05) is 27.2 Å². The average molecular weight is 282 g/mol. The molecule has 0 saturated carbocycles. The number of quaternary nitrogens is 1. The lowest BCUT2D eigenvalue weighted by Gasteiger charge is -2.15. The molecular weight excluding hydrogens is 264 g/mol. The number of halogens is 1. The van der Waals surface area contributed by atoms with Crippen molar-refractivity contribution in [3.05, 3.63) is 28.8 Å². The second kappa shape index (κ2) is 7.67. The first-order valence-electron chi connectivity index (χ1n) is 5.90. The van der Waals surface area contributed by atoms with Gasteiger partial charge in [0, 0.05) is 10.6 Å². The number of benzene rings is 1. The zero-order valence-electron chi connectivity index (χ0n) is 11.1. The lowest BCUT2D eigenvalue weighted by Crippen LogP contribution is -3.08. The summed E-state index contributed by atoms with van der Waals surface area (Å²) in [4.78, 5) is 12.6. The van der Waals surface area contributed by atoms with E-state index in [0.717, 1.165) is 16.2 Å². The monoisotopic (exact) mass is 281 g/mol. The van der Waals surface area contributed by atoms with Crippen molar-refractivity contribution < 1.29 is 14.4 Å². The Morgan fingerprint density at radius 1 is 1.58 bits per heavy atom. The van der Waals surface area contributed by atoms with Crippen LogP contribution in [0.1, 0.15) is 5.56 Å². The Morgan fingerprint density at radius 3 is 2.95 bits per heavy atom. The predicted octanol–water partition coefficient (Wildman–Crippen LogP) is 0.113. The smallest absolute Gasteiger partial charge is 0.275 e. The quantitative estimate of drug-likeness (QED) is 0.727. The van der Waals surface area contributed by atoms with Crippen molar-refractivity contribution in [3.8, 4) is 18.1 Å². The van der Waals surface area contributed by atoms with E-state index < -0.39 is 0 Å². The molecule has 19 heavy (non-hydrogen) atoms. The van der Waals surface area contributed by atoms with Gasteiger partial charge in [-0.05, 0) is 18.2 Å². The highest BCUT2D eigenvalue weighted by Crippen LogP contribution is 2.21. The highest BCUT2D eigenvalue weighted by atomic mass is 35.5. The Labute approximate surface area is 118 Å². The topological polar surface area (TPSA) is 42.8 Å². The van der Waals surface area contributed by atoms with Crippen LogP contribution >= 0.6 is 11.6 Å². The van der Waals surface area contributed by atoms with Crippen molar-refractivity contribution in [1.82, 2.24) is 5.32 Å². The van der Waals surface area contributed by atoms with Crippen molar-refractivity contribution in [2.45, 2.75) is 6.54 Å². The summed E-state index contributed by atoms with van der Waals surface area (Å²) in [5.74, 6) is 3.07. The van der Waals surface area contributed by atoms with E-state index >= 15 is 0 Å². The van der Waals surface area contributed by atoms with Gasteiger partial charge in [-0.1, -0.05) is 17.5 Å². The van der Waals surface area contributed by atoms with Gasteiger partial charge in [0.05, 0.1) is 20.7 Å². The SMILES string of the molecule is C#CCNC(=O)C[NH+](C)Cc1cc(Cl)ccc1OC. The van der Waals surface area contributed by atoms with E-state index in [1.807, 2.05) is 19.2 Å². The first-order chi connectivity index (χ1) is 9.06. The fourth-order valence-corrected chi connectivity index (χ4v) is 1.95. The van der Waals surface area contributed by atoms with E-state index in [2.05, 4.69) is 11.2 Å². The van der Waals surface area contributed by atoms with Gasteiger partial charge in [0.1, 0.15) is 12.3 Å². The number of terminal acetylenes is 1. The normalized spacial score (nSPS) is 11.5. The number of carbonyl (C=O) groups excluding carboxylic acids is 1. The molecule has 1 rings (SSSR count). The number of methoxy groups -OCH3 is 1. The molecule has 1 aromatic rings. The third-order valence-corrected chi connectivity index (χ3v) is 2.82. The third kappa shape index (κ3) is 5.21. The molecule has 0 bridgehead atoms. The Bertz CT molecular complexity index is 483. The number of amides is 1. The van der Waals surface area contributed by atoms with Gasteiger partial charge in [0.25, 0.3) is 5.91 Å². The fraction of sp³-hybridized carbons (Fsp3) is 0.357. The second-order valence-corrected chi connectivity index (χ2v) is 4.68. The maximum atomic E-state index is 11.5. The van der Waals surface area contributed by atoms with Gasteiger partial charge in [-0.3, -0.25) is 4.79 Å². The molecule has 0 aliphatic rings. The molecule has 0 heterocycles. The van der Waals surface area contributed by atoms with E-state index in [1.54, 1.807) is 13.2 Å². The van der Waals surface area contributed by atoms with E-state index in [4.69, 9.17) is 22.8 Å². The van der Waals surface area contributed by atoms with Crippen LogP contribution in [0.25, 0.3) is 0 Å². The minimum absolute atomic E-state index is 0.0727. The molecule has 0 aromatic heterocycles. The van der Waals surface area contributed by atoms with E-state index in [9.17, 15) is 4.79 Å². The zero-order chi connectivity index (χ0) is 14.3. The van der Waals surface area contributed by atoms with Crippen molar-refractivity contribution in [3.63, 3.8) is 0 Å². The van der Waals surface area contributed by atoms with Crippen LogP contribution in [0.4, 0.5) is 0 Å². The summed E-state index contributed by atoms with van der Waals surface area (Å²) in [5, 5.41) is 3.29. The lowest BCUT2D eigenvalue weighted by atomic mass is 10.2. The molecule has 1 atom stereocenters. The first kappa shape index (κ1) is 15.4. The number of hydrogen-bond acceptors (Lipinski definition) is 2. The second-order valence-electron chi connectivity index (χ2n) is 4.25. The van der Waals surface area contributed by atoms with E-state index in [-0.39, 0.29) is 12.5 Å². The molecule has 102 valence electrons. The van der Waals surface area contributed by atoms with Crippen LogP contribution in [0.2, 0.25) is 5.02 Å². The molecule has 0 spiro atoms. The molecule has 1 amide bonds. The fourth-order valence-electron chi connectivity index (χ4n) is 1.76. The van der Waals surface area contributed by atoms with Crippen molar-refractivity contribution in [1.29, 1.82) is 0 Å². The number of nitrogens with one attached hydrogen (secondary N) is 2. The van der Waals surface area contributed by atoms with Crippen LogP contribution in [0.15, 0.2) is 18.2 Å². The van der Waals surface area contributed by atoms with Crippen LogP contribution in [0.3, 0.4) is 0 Å². The number of ether oxygens (including phenoxy) is 1. The maximum absolute atomic E-state index is 11.5. The molecule has 1 unspecified atom stereocenters. The largest absolute Gasteiger partial charge is 0.496 e. The summed E-state index contributed by atoms with van der Waals surface area (Å²) in [7, 11) is 3.54. The Balaban J connectivity index is 2.61. The summed E-state index contributed by atoms with van der Waals surface area (Å²) < 4.78 is 5.27. The highest BCUT2D eigenvalue weighted by Gasteiger charge is 2.13. The molecule has 0 saturated heterocycles. The predicted molar refractivity (Wildman–Crippen MR) is 75.3 cm³/mol. The summed E-state index contributed by atoms with van der Waals surface area (Å²) >= 11 is 5.97. The Morgan fingerprint density at radius 2 is 2.32 bits per heavy atom. The molecule has 0 radical (unpaired) electrons. The Hall–Kier alpha value is -1.70. The summed E-state index contributed by atoms with van der Waals surface area (Å²) in [6.07, 6.45) is 5.08. The van der Waals surface area contributed by atoms with Crippen LogP contribution < -0.4 is 15.0 Å².